The van der Waals surface area contributed by atoms with Gasteiger partial charge in [-0.2, -0.15) is 0 Å². The summed E-state index contributed by atoms with van der Waals surface area (Å²) in [6, 6.07) is 6.40. The predicted molar refractivity (Wildman–Crippen MR) is 74.8 cm³/mol. The normalized spacial score (nSPS) is 11.4. The quantitative estimate of drug-likeness (QED) is 0.405. The van der Waals surface area contributed by atoms with Crippen LogP contribution < -0.4 is 5.43 Å². The van der Waals surface area contributed by atoms with Gasteiger partial charge in [-0.1, -0.05) is 0 Å². The first-order chi connectivity index (χ1) is 9.06. The minimum absolute atomic E-state index is 0.0620. The van der Waals surface area contributed by atoms with Gasteiger partial charge in [0.1, 0.15) is 0 Å². The molecule has 2 rings (SSSR count). The van der Waals surface area contributed by atoms with Crippen molar-refractivity contribution in [3.05, 3.63) is 50.6 Å². The molecule has 0 aliphatic heterocycles. The molecule has 0 radical (unpaired) electrons. The zero-order valence-corrected chi connectivity index (χ0v) is 12.2. The minimum atomic E-state index is -0.415. The van der Waals surface area contributed by atoms with Crippen LogP contribution >= 0.6 is 0 Å². The number of rotatable bonds is 4. The zero-order chi connectivity index (χ0) is 13.8. The maximum absolute atomic E-state index is 10.7. The van der Waals surface area contributed by atoms with Crippen LogP contribution in [-0.2, 0) is 0 Å². The van der Waals surface area contributed by atoms with Gasteiger partial charge in [0.15, 0.2) is 0 Å². The van der Waals surface area contributed by atoms with Crippen molar-refractivity contribution in [2.24, 2.45) is 5.10 Å². The Bertz CT molecular complexity index is 636. The summed E-state index contributed by atoms with van der Waals surface area (Å²) in [6.45, 7) is 3.74. The third kappa shape index (κ3) is 3.49. The van der Waals surface area contributed by atoms with Gasteiger partial charge in [-0.15, -0.1) is 0 Å². The van der Waals surface area contributed by atoms with Gasteiger partial charge in [-0.3, -0.25) is 0 Å². The van der Waals surface area contributed by atoms with Crippen molar-refractivity contribution < 1.29 is 4.92 Å². The number of aryl methyl sites for hydroxylation is 1. The third-order valence-electron chi connectivity index (χ3n) is 2.41. The number of benzene rings is 1. The van der Waals surface area contributed by atoms with Crippen molar-refractivity contribution in [3.8, 4) is 0 Å². The molecule has 0 saturated carbocycles. The van der Waals surface area contributed by atoms with Gasteiger partial charge in [-0.25, -0.2) is 0 Å². The summed E-state index contributed by atoms with van der Waals surface area (Å²) < 4.78 is 0.842. The first-order valence-electron chi connectivity index (χ1n) is 5.53. The summed E-state index contributed by atoms with van der Waals surface area (Å²) in [4.78, 5) is 16.6. The van der Waals surface area contributed by atoms with Crippen molar-refractivity contribution >= 4 is 30.6 Å². The number of hydrazone groups is 1. The summed E-state index contributed by atoms with van der Waals surface area (Å²) in [5.74, 6) is 0. The number of nitro groups is 1. The van der Waals surface area contributed by atoms with Gasteiger partial charge in [-0.05, 0) is 0 Å². The molecule has 0 aliphatic carbocycles. The number of nitrogens with one attached hydrogen (secondary N) is 1. The molecule has 0 spiro atoms. The third-order valence-corrected chi connectivity index (χ3v) is 4.23. The molecule has 0 atom stereocenters. The number of non-ortho nitro benzene ring substituents is 1. The molecule has 0 bridgehead atoms. The van der Waals surface area contributed by atoms with Gasteiger partial charge in [0.05, 0.1) is 0 Å². The standard InChI is InChI=1S/C12H12N4O2Se/c1-8-7-19-12(13-8)15-14-9(2)10-4-3-5-11(6-10)16(17)18/h3-7H,1-2H3,(H,13,15)/b14-9+. The van der Waals surface area contributed by atoms with Gasteiger partial charge < -0.3 is 0 Å². The molecule has 1 heterocycles. The molecule has 1 aromatic heterocycles. The summed E-state index contributed by atoms with van der Waals surface area (Å²) >= 11 is 0.191. The molecule has 1 aromatic carbocycles. The monoisotopic (exact) mass is 324 g/mol. The zero-order valence-electron chi connectivity index (χ0n) is 10.5. The van der Waals surface area contributed by atoms with E-state index >= 15 is 0 Å². The Labute approximate surface area is 116 Å². The summed E-state index contributed by atoms with van der Waals surface area (Å²) in [5, 5.41) is 14.9. The van der Waals surface area contributed by atoms with Gasteiger partial charge in [0.25, 0.3) is 0 Å². The molecule has 2 aromatic rings. The number of hydrogen-bond donors (Lipinski definition) is 1. The fraction of sp³-hybridized carbons (Fsp3) is 0.167. The Kier molecular flexibility index (Phi) is 4.09. The van der Waals surface area contributed by atoms with Crippen LogP contribution in [0, 0.1) is 17.0 Å². The van der Waals surface area contributed by atoms with Crippen molar-refractivity contribution in [1.29, 1.82) is 0 Å². The van der Waals surface area contributed by atoms with Gasteiger partial charge >= 0.3 is 115 Å². The number of aromatic nitrogens is 1. The van der Waals surface area contributed by atoms with E-state index < -0.39 is 4.92 Å². The Balaban J connectivity index is 2.16. The number of anilines is 1. The summed E-state index contributed by atoms with van der Waals surface area (Å²) in [7, 11) is 0. The topological polar surface area (TPSA) is 80.4 Å². The van der Waals surface area contributed by atoms with Crippen LogP contribution in [-0.4, -0.2) is 30.1 Å². The van der Waals surface area contributed by atoms with Crippen LogP contribution in [0.4, 0.5) is 10.4 Å². The first kappa shape index (κ1) is 13.5. The van der Waals surface area contributed by atoms with Crippen LogP contribution in [0.2, 0.25) is 0 Å². The molecular formula is C12H12N4O2Se. The fourth-order valence-electron chi connectivity index (χ4n) is 1.45. The van der Waals surface area contributed by atoms with E-state index in [0.717, 1.165) is 15.9 Å². The van der Waals surface area contributed by atoms with E-state index in [1.54, 1.807) is 19.1 Å². The van der Waals surface area contributed by atoms with E-state index in [2.05, 4.69) is 20.5 Å². The van der Waals surface area contributed by atoms with Crippen LogP contribution in [0.5, 0.6) is 0 Å². The van der Waals surface area contributed by atoms with Crippen LogP contribution in [0.1, 0.15) is 18.2 Å². The van der Waals surface area contributed by atoms with Gasteiger partial charge in [0.2, 0.25) is 0 Å². The average Bonchev–Trinajstić information content (AvgIpc) is 2.82. The van der Waals surface area contributed by atoms with Crippen molar-refractivity contribution in [1.82, 2.24) is 4.98 Å². The van der Waals surface area contributed by atoms with Crippen LogP contribution in [0.3, 0.4) is 0 Å². The second-order valence-corrected chi connectivity index (χ2v) is 5.71. The molecule has 0 amide bonds. The van der Waals surface area contributed by atoms with E-state index in [-0.39, 0.29) is 20.2 Å². The fourth-order valence-corrected chi connectivity index (χ4v) is 2.77. The number of hydrogen-bond acceptors (Lipinski definition) is 5. The predicted octanol–water partition coefficient (Wildman–Crippen LogP) is 2.19. The van der Waals surface area contributed by atoms with Crippen molar-refractivity contribution in [3.63, 3.8) is 0 Å². The van der Waals surface area contributed by atoms with E-state index in [0.29, 0.717) is 5.71 Å². The summed E-state index contributed by atoms with van der Waals surface area (Å²) in [6.07, 6.45) is 0. The molecule has 1 N–H and O–H groups in total. The van der Waals surface area contributed by atoms with E-state index in [4.69, 9.17) is 0 Å². The second kappa shape index (κ2) is 5.77. The Morgan fingerprint density at radius 3 is 2.95 bits per heavy atom. The first-order valence-corrected chi connectivity index (χ1v) is 7.38. The second-order valence-electron chi connectivity index (χ2n) is 3.91. The summed E-state index contributed by atoms with van der Waals surface area (Å²) in [5.41, 5.74) is 5.36. The Morgan fingerprint density at radius 2 is 2.32 bits per heavy atom. The van der Waals surface area contributed by atoms with E-state index in [1.165, 1.54) is 12.1 Å². The molecule has 19 heavy (non-hydrogen) atoms. The molecule has 0 fully saturated rings. The SMILES string of the molecule is C/C(=N\Nc1nc(C)c[se]1)c1cccc([N+](=O)[O-])c1. The number of nitrogens with zero attached hydrogens (tertiary/aromatic N) is 3. The molecule has 6 nitrogen and oxygen atoms in total. The average molecular weight is 323 g/mol. The molecule has 7 heteroatoms. The van der Waals surface area contributed by atoms with Crippen LogP contribution in [0.15, 0.2) is 34.3 Å². The van der Waals surface area contributed by atoms with E-state index in [1.807, 2.05) is 6.92 Å². The van der Waals surface area contributed by atoms with Crippen LogP contribution in [0.25, 0.3) is 0 Å². The maximum atomic E-state index is 10.7. The Morgan fingerprint density at radius 1 is 1.53 bits per heavy atom. The molecule has 0 unspecified atom stereocenters. The molecular weight excluding hydrogens is 311 g/mol. The van der Waals surface area contributed by atoms with Gasteiger partial charge in [0, 0.05) is 0 Å². The van der Waals surface area contributed by atoms with Crippen molar-refractivity contribution in [2.75, 3.05) is 5.43 Å². The van der Waals surface area contributed by atoms with Crippen molar-refractivity contribution in [2.45, 2.75) is 13.8 Å². The molecule has 98 valence electrons. The molecule has 0 saturated heterocycles. The Hall–Kier alpha value is -1.98. The molecule has 0 aliphatic rings. The van der Waals surface area contributed by atoms with E-state index in [9.17, 15) is 10.1 Å². The number of nitro benzene ring substituents is 1.